The highest BCUT2D eigenvalue weighted by molar-refractivity contribution is 6.19. The van der Waals surface area contributed by atoms with Gasteiger partial charge in [-0.15, -0.1) is 0 Å². The Morgan fingerprint density at radius 2 is 1.72 bits per heavy atom. The van der Waals surface area contributed by atoms with Gasteiger partial charge in [-0.05, 0) is 12.5 Å². The summed E-state index contributed by atoms with van der Waals surface area (Å²) in [6, 6.07) is 3.49. The monoisotopic (exact) mass is 449 g/mol. The van der Waals surface area contributed by atoms with Crippen molar-refractivity contribution >= 4 is 11.5 Å². The first-order valence-corrected chi connectivity index (χ1v) is 10.2. The second-order valence-electron chi connectivity index (χ2n) is 7.37. The Bertz CT molecular complexity index is 932. The average molecular weight is 449 g/mol. The summed E-state index contributed by atoms with van der Waals surface area (Å²) >= 11 is 0. The standard InChI is InChI=1S/C22H27NO9/c1-25-12-9-13(21-30-7-6-8-31-21)17(14(10-12)26-2)19-18-15(32-23-19)11-16(27-3)22(28-4,29-5)20(18)24/h9-11,15,18,21H,6-8H2,1-5H3/t15-,18+/m1/s1. The highest BCUT2D eigenvalue weighted by Gasteiger charge is 2.58. The summed E-state index contributed by atoms with van der Waals surface area (Å²) in [5.41, 5.74) is 1.52. The zero-order valence-corrected chi connectivity index (χ0v) is 18.7. The number of hydrogen-bond donors (Lipinski definition) is 0. The summed E-state index contributed by atoms with van der Waals surface area (Å²) < 4.78 is 39.2. The van der Waals surface area contributed by atoms with Crippen LogP contribution in [0, 0.1) is 5.92 Å². The lowest BCUT2D eigenvalue weighted by molar-refractivity contribution is -0.210. The smallest absolute Gasteiger partial charge is 0.289 e. The normalized spacial score (nSPS) is 24.8. The molecule has 1 aliphatic carbocycles. The molecule has 1 aromatic carbocycles. The number of ketones is 1. The third-order valence-corrected chi connectivity index (χ3v) is 5.84. The molecule has 0 aromatic heterocycles. The van der Waals surface area contributed by atoms with Crippen molar-refractivity contribution in [2.45, 2.75) is 24.6 Å². The molecule has 1 fully saturated rings. The van der Waals surface area contributed by atoms with E-state index in [9.17, 15) is 4.79 Å². The summed E-state index contributed by atoms with van der Waals surface area (Å²) in [4.78, 5) is 19.3. The molecule has 0 radical (unpaired) electrons. The highest BCUT2D eigenvalue weighted by Crippen LogP contribution is 2.44. The maximum absolute atomic E-state index is 13.7. The Hall–Kier alpha value is -2.66. The molecule has 174 valence electrons. The van der Waals surface area contributed by atoms with Gasteiger partial charge in [-0.2, -0.15) is 0 Å². The van der Waals surface area contributed by atoms with E-state index in [0.29, 0.717) is 41.6 Å². The van der Waals surface area contributed by atoms with E-state index >= 15 is 0 Å². The van der Waals surface area contributed by atoms with Gasteiger partial charge in [0.1, 0.15) is 23.1 Å². The van der Waals surface area contributed by atoms with Crippen LogP contribution in [0.2, 0.25) is 0 Å². The predicted octanol–water partition coefficient (Wildman–Crippen LogP) is 1.96. The predicted molar refractivity (Wildman–Crippen MR) is 111 cm³/mol. The number of oxime groups is 1. The van der Waals surface area contributed by atoms with Crippen LogP contribution in [0.5, 0.6) is 11.5 Å². The molecule has 4 rings (SSSR count). The third-order valence-electron chi connectivity index (χ3n) is 5.84. The van der Waals surface area contributed by atoms with Gasteiger partial charge in [0.05, 0.1) is 40.1 Å². The van der Waals surface area contributed by atoms with E-state index < -0.39 is 29.9 Å². The summed E-state index contributed by atoms with van der Waals surface area (Å²) in [6.45, 7) is 1.07. The minimum absolute atomic E-state index is 0.200. The number of Topliss-reactive ketones (excluding diaryl/α,β-unsaturated/α-hetero) is 1. The first-order valence-electron chi connectivity index (χ1n) is 10.2. The van der Waals surface area contributed by atoms with Gasteiger partial charge in [-0.1, -0.05) is 5.16 Å². The lowest BCUT2D eigenvalue weighted by Crippen LogP contribution is -2.55. The second kappa shape index (κ2) is 9.07. The van der Waals surface area contributed by atoms with Crippen molar-refractivity contribution in [3.05, 3.63) is 35.1 Å². The highest BCUT2D eigenvalue weighted by atomic mass is 16.7. The molecule has 0 unspecified atom stereocenters. The Balaban J connectivity index is 1.85. The van der Waals surface area contributed by atoms with E-state index in [-0.39, 0.29) is 5.76 Å². The lowest BCUT2D eigenvalue weighted by Gasteiger charge is -2.37. The molecular weight excluding hydrogens is 422 g/mol. The zero-order valence-electron chi connectivity index (χ0n) is 18.7. The van der Waals surface area contributed by atoms with E-state index in [0.717, 1.165) is 6.42 Å². The molecule has 0 spiro atoms. The minimum Gasteiger partial charge on any atom is -0.497 e. The second-order valence-corrected chi connectivity index (χ2v) is 7.37. The van der Waals surface area contributed by atoms with Gasteiger partial charge in [0.25, 0.3) is 5.79 Å². The maximum Gasteiger partial charge on any atom is 0.289 e. The minimum atomic E-state index is -1.72. The number of carbonyl (C=O) groups is 1. The molecule has 0 saturated carbocycles. The van der Waals surface area contributed by atoms with Crippen LogP contribution in [0.25, 0.3) is 0 Å². The van der Waals surface area contributed by atoms with Gasteiger partial charge in [0.15, 0.2) is 18.2 Å². The molecule has 0 amide bonds. The van der Waals surface area contributed by atoms with Gasteiger partial charge in [-0.25, -0.2) is 0 Å². The Morgan fingerprint density at radius 1 is 1.00 bits per heavy atom. The van der Waals surface area contributed by atoms with Crippen LogP contribution < -0.4 is 9.47 Å². The van der Waals surface area contributed by atoms with Crippen LogP contribution in [0.1, 0.15) is 23.8 Å². The summed E-state index contributed by atoms with van der Waals surface area (Å²) in [5, 5.41) is 4.28. The maximum atomic E-state index is 13.7. The molecule has 3 aliphatic rings. The number of methoxy groups -OCH3 is 5. The summed E-state index contributed by atoms with van der Waals surface area (Å²) in [7, 11) is 7.28. The number of ether oxygens (including phenoxy) is 7. The van der Waals surface area contributed by atoms with Crippen molar-refractivity contribution in [2.24, 2.45) is 11.1 Å². The lowest BCUT2D eigenvalue weighted by atomic mass is 9.79. The van der Waals surface area contributed by atoms with Gasteiger partial charge in [0.2, 0.25) is 5.78 Å². The molecule has 1 aromatic rings. The molecular formula is C22H27NO9. The molecule has 1 saturated heterocycles. The number of benzene rings is 1. The zero-order chi connectivity index (χ0) is 22.9. The van der Waals surface area contributed by atoms with E-state index in [2.05, 4.69) is 5.16 Å². The first-order chi connectivity index (χ1) is 15.5. The summed E-state index contributed by atoms with van der Waals surface area (Å²) in [5.74, 6) is -1.77. The molecule has 10 heteroatoms. The molecule has 2 atom stereocenters. The van der Waals surface area contributed by atoms with Gasteiger partial charge < -0.3 is 38.0 Å². The fourth-order valence-corrected chi connectivity index (χ4v) is 4.28. The van der Waals surface area contributed by atoms with Crippen LogP contribution in [0.15, 0.2) is 29.1 Å². The molecule has 0 N–H and O–H groups in total. The van der Waals surface area contributed by atoms with E-state index in [1.165, 1.54) is 28.4 Å². The first kappa shape index (κ1) is 22.5. The van der Waals surface area contributed by atoms with Crippen LogP contribution in [-0.4, -0.2) is 72.1 Å². The molecule has 32 heavy (non-hydrogen) atoms. The largest absolute Gasteiger partial charge is 0.497 e. The van der Waals surface area contributed by atoms with Crippen molar-refractivity contribution in [1.29, 1.82) is 0 Å². The van der Waals surface area contributed by atoms with Gasteiger partial charge in [0, 0.05) is 31.9 Å². The molecule has 0 bridgehead atoms. The van der Waals surface area contributed by atoms with Crippen molar-refractivity contribution in [3.63, 3.8) is 0 Å². The average Bonchev–Trinajstić information content (AvgIpc) is 3.27. The topological polar surface area (TPSA) is 103 Å². The fraction of sp³-hybridized carbons (Fsp3) is 0.545. The quantitative estimate of drug-likeness (QED) is 0.578. The summed E-state index contributed by atoms with van der Waals surface area (Å²) in [6.07, 6.45) is 1.05. The number of hydrogen-bond acceptors (Lipinski definition) is 10. The van der Waals surface area contributed by atoms with Crippen molar-refractivity contribution in [3.8, 4) is 11.5 Å². The third kappa shape index (κ3) is 3.43. The molecule has 10 nitrogen and oxygen atoms in total. The van der Waals surface area contributed by atoms with Crippen LogP contribution in [0.3, 0.4) is 0 Å². The van der Waals surface area contributed by atoms with Crippen LogP contribution in [-0.2, 0) is 33.3 Å². The van der Waals surface area contributed by atoms with Crippen LogP contribution in [0.4, 0.5) is 0 Å². The Kier molecular flexibility index (Phi) is 6.38. The SMILES string of the molecule is COC1=C[C@H]2ON=C(c3c(OC)cc(OC)cc3C3OCCCO3)[C@H]2C(=O)C1(OC)OC. The number of fused-ring (bicyclic) bond motifs is 1. The molecule has 2 aliphatic heterocycles. The Labute approximate surface area is 185 Å². The van der Waals surface area contributed by atoms with Gasteiger partial charge >= 0.3 is 0 Å². The van der Waals surface area contributed by atoms with E-state index in [1.54, 1.807) is 25.3 Å². The van der Waals surface area contributed by atoms with Crippen molar-refractivity contribution < 1.29 is 42.8 Å². The molecule has 2 heterocycles. The van der Waals surface area contributed by atoms with Crippen LogP contribution >= 0.6 is 0 Å². The van der Waals surface area contributed by atoms with Crippen molar-refractivity contribution in [2.75, 3.05) is 48.8 Å². The number of rotatable bonds is 7. The van der Waals surface area contributed by atoms with E-state index in [4.69, 9.17) is 38.0 Å². The Morgan fingerprint density at radius 3 is 2.31 bits per heavy atom. The van der Waals surface area contributed by atoms with Gasteiger partial charge in [-0.3, -0.25) is 4.79 Å². The van der Waals surface area contributed by atoms with Crippen molar-refractivity contribution in [1.82, 2.24) is 0 Å². The fourth-order valence-electron chi connectivity index (χ4n) is 4.28. The number of carbonyl (C=O) groups excluding carboxylic acids is 1. The van der Waals surface area contributed by atoms with E-state index in [1.807, 2.05) is 0 Å². The number of nitrogens with zero attached hydrogens (tertiary/aromatic N) is 1.